The van der Waals surface area contributed by atoms with Gasteiger partial charge in [-0.2, -0.15) is 0 Å². The van der Waals surface area contributed by atoms with Crippen LogP contribution in [0.2, 0.25) is 0 Å². The molecule has 1 unspecified atom stereocenters. The molecule has 4 heteroatoms. The van der Waals surface area contributed by atoms with Crippen LogP contribution in [0, 0.1) is 0 Å². The Labute approximate surface area is 89.5 Å². The number of amides is 1. The van der Waals surface area contributed by atoms with Crippen LogP contribution in [0.4, 0.5) is 4.79 Å². The molecular formula is C10H16ClNO2. The predicted octanol–water partition coefficient (Wildman–Crippen LogP) is 2.45. The van der Waals surface area contributed by atoms with Crippen LogP contribution in [0.5, 0.6) is 0 Å². The summed E-state index contributed by atoms with van der Waals surface area (Å²) >= 11 is 5.84. The van der Waals surface area contributed by atoms with Gasteiger partial charge in [0.25, 0.3) is 0 Å². The molecule has 1 N–H and O–H groups in total. The number of allylic oxidation sites excluding steroid dienone is 1. The molecule has 0 aliphatic heterocycles. The fourth-order valence-electron chi connectivity index (χ4n) is 1.22. The molecule has 1 amide bonds. The van der Waals surface area contributed by atoms with Crippen molar-refractivity contribution < 1.29 is 9.53 Å². The molecule has 0 saturated heterocycles. The van der Waals surface area contributed by atoms with Gasteiger partial charge in [0.15, 0.2) is 0 Å². The fraction of sp³-hybridized carbons (Fsp3) is 0.700. The summed E-state index contributed by atoms with van der Waals surface area (Å²) in [5, 5.41) is 2.76. The standard InChI is InChI=1S/C10H16ClNO2/c1-10(2,3)14-9(13)12-8-5-4-7(11)6-8/h4-5,7-8H,6H2,1-3H3,(H,12,13)/t7?,8-/m0/s1. The Hall–Kier alpha value is -0.700. The van der Waals surface area contributed by atoms with Crippen molar-refractivity contribution in [1.82, 2.24) is 5.32 Å². The van der Waals surface area contributed by atoms with Crippen LogP contribution < -0.4 is 5.32 Å². The van der Waals surface area contributed by atoms with E-state index in [1.54, 1.807) is 0 Å². The molecule has 0 spiro atoms. The van der Waals surface area contributed by atoms with Crippen LogP contribution in [0.25, 0.3) is 0 Å². The number of carbonyl (C=O) groups is 1. The third kappa shape index (κ3) is 4.01. The van der Waals surface area contributed by atoms with Gasteiger partial charge in [0.1, 0.15) is 5.60 Å². The van der Waals surface area contributed by atoms with E-state index in [0.29, 0.717) is 0 Å². The van der Waals surface area contributed by atoms with Crippen molar-refractivity contribution >= 4 is 17.7 Å². The molecule has 0 radical (unpaired) electrons. The van der Waals surface area contributed by atoms with E-state index in [0.717, 1.165) is 6.42 Å². The first-order valence-electron chi connectivity index (χ1n) is 4.69. The van der Waals surface area contributed by atoms with E-state index < -0.39 is 11.7 Å². The minimum atomic E-state index is -0.452. The smallest absolute Gasteiger partial charge is 0.408 e. The van der Waals surface area contributed by atoms with Gasteiger partial charge < -0.3 is 10.1 Å². The van der Waals surface area contributed by atoms with Crippen LogP contribution in [-0.4, -0.2) is 23.1 Å². The maximum atomic E-state index is 11.3. The zero-order valence-corrected chi connectivity index (χ0v) is 9.47. The largest absolute Gasteiger partial charge is 0.444 e. The molecule has 0 saturated carbocycles. The lowest BCUT2D eigenvalue weighted by Crippen LogP contribution is -2.37. The summed E-state index contributed by atoms with van der Waals surface area (Å²) in [6, 6.07) is 0.00681. The Morgan fingerprint density at radius 2 is 2.14 bits per heavy atom. The quantitative estimate of drug-likeness (QED) is 0.541. The molecule has 0 aromatic carbocycles. The van der Waals surface area contributed by atoms with Gasteiger partial charge in [-0.05, 0) is 27.2 Å². The molecule has 1 rings (SSSR count). The van der Waals surface area contributed by atoms with E-state index in [2.05, 4.69) is 5.32 Å². The summed E-state index contributed by atoms with van der Waals surface area (Å²) in [6.45, 7) is 5.50. The second kappa shape index (κ2) is 4.22. The molecule has 0 heterocycles. The highest BCUT2D eigenvalue weighted by Crippen LogP contribution is 2.16. The van der Waals surface area contributed by atoms with Crippen molar-refractivity contribution in [3.05, 3.63) is 12.2 Å². The van der Waals surface area contributed by atoms with E-state index in [1.807, 2.05) is 32.9 Å². The summed E-state index contributed by atoms with van der Waals surface area (Å²) in [5.74, 6) is 0. The van der Waals surface area contributed by atoms with Crippen LogP contribution in [0.1, 0.15) is 27.2 Å². The monoisotopic (exact) mass is 217 g/mol. The maximum absolute atomic E-state index is 11.3. The van der Waals surface area contributed by atoms with Crippen molar-refractivity contribution in [2.24, 2.45) is 0 Å². The molecule has 0 aromatic heterocycles. The average molecular weight is 218 g/mol. The van der Waals surface area contributed by atoms with E-state index in [1.165, 1.54) is 0 Å². The lowest BCUT2D eigenvalue weighted by Gasteiger charge is -2.21. The molecule has 1 aliphatic carbocycles. The van der Waals surface area contributed by atoms with Crippen molar-refractivity contribution in [1.29, 1.82) is 0 Å². The zero-order valence-electron chi connectivity index (χ0n) is 8.71. The predicted molar refractivity (Wildman–Crippen MR) is 56.6 cm³/mol. The van der Waals surface area contributed by atoms with Crippen molar-refractivity contribution in [2.75, 3.05) is 0 Å². The maximum Gasteiger partial charge on any atom is 0.408 e. The van der Waals surface area contributed by atoms with Crippen LogP contribution in [0.3, 0.4) is 0 Å². The Morgan fingerprint density at radius 1 is 1.50 bits per heavy atom. The Balaban J connectivity index is 2.32. The number of ether oxygens (including phenoxy) is 1. The first-order chi connectivity index (χ1) is 6.37. The van der Waals surface area contributed by atoms with Gasteiger partial charge in [-0.15, -0.1) is 11.6 Å². The first kappa shape index (κ1) is 11.4. The second-order valence-electron chi connectivity index (χ2n) is 4.39. The van der Waals surface area contributed by atoms with E-state index >= 15 is 0 Å². The number of halogens is 1. The molecule has 0 aromatic rings. The number of alkyl halides is 1. The molecule has 2 atom stereocenters. The number of carbonyl (C=O) groups excluding carboxylic acids is 1. The van der Waals surface area contributed by atoms with E-state index in [9.17, 15) is 4.79 Å². The zero-order chi connectivity index (χ0) is 10.8. The normalized spacial score (nSPS) is 26.3. The molecular weight excluding hydrogens is 202 g/mol. The van der Waals surface area contributed by atoms with Crippen molar-refractivity contribution in [2.45, 2.75) is 44.2 Å². The summed E-state index contributed by atoms with van der Waals surface area (Å²) in [6.07, 6.45) is 4.12. The van der Waals surface area contributed by atoms with Crippen molar-refractivity contribution in [3.8, 4) is 0 Å². The lowest BCUT2D eigenvalue weighted by atomic mass is 10.2. The van der Waals surface area contributed by atoms with Gasteiger partial charge in [0.2, 0.25) is 0 Å². The van der Waals surface area contributed by atoms with Crippen LogP contribution >= 0.6 is 11.6 Å². The Kier molecular flexibility index (Phi) is 3.43. The minimum absolute atomic E-state index is 0.00681. The van der Waals surface area contributed by atoms with Gasteiger partial charge in [0, 0.05) is 0 Å². The highest BCUT2D eigenvalue weighted by atomic mass is 35.5. The van der Waals surface area contributed by atoms with Gasteiger partial charge in [-0.3, -0.25) is 0 Å². The minimum Gasteiger partial charge on any atom is -0.444 e. The van der Waals surface area contributed by atoms with Crippen molar-refractivity contribution in [3.63, 3.8) is 0 Å². The van der Waals surface area contributed by atoms with Gasteiger partial charge in [-0.25, -0.2) is 4.79 Å². The molecule has 0 bridgehead atoms. The Bertz CT molecular complexity index is 245. The van der Waals surface area contributed by atoms with Gasteiger partial charge in [0.05, 0.1) is 11.4 Å². The lowest BCUT2D eigenvalue weighted by molar-refractivity contribution is 0.0514. The third-order valence-electron chi connectivity index (χ3n) is 1.73. The molecule has 80 valence electrons. The number of rotatable bonds is 1. The number of hydrogen-bond donors (Lipinski definition) is 1. The van der Waals surface area contributed by atoms with E-state index in [4.69, 9.17) is 16.3 Å². The summed E-state index contributed by atoms with van der Waals surface area (Å²) < 4.78 is 5.11. The summed E-state index contributed by atoms with van der Waals surface area (Å²) in [7, 11) is 0. The van der Waals surface area contributed by atoms with Gasteiger partial charge in [-0.1, -0.05) is 12.2 Å². The highest BCUT2D eigenvalue weighted by Gasteiger charge is 2.22. The molecule has 0 fully saturated rings. The average Bonchev–Trinajstić information content (AvgIpc) is 2.30. The van der Waals surface area contributed by atoms with Gasteiger partial charge >= 0.3 is 6.09 Å². The van der Waals surface area contributed by atoms with Crippen LogP contribution in [0.15, 0.2) is 12.2 Å². The van der Waals surface area contributed by atoms with Crippen LogP contribution in [-0.2, 0) is 4.74 Å². The molecule has 14 heavy (non-hydrogen) atoms. The molecule has 1 aliphatic rings. The molecule has 3 nitrogen and oxygen atoms in total. The van der Waals surface area contributed by atoms with E-state index in [-0.39, 0.29) is 11.4 Å². The summed E-state index contributed by atoms with van der Waals surface area (Å²) in [4.78, 5) is 11.3. The first-order valence-corrected chi connectivity index (χ1v) is 5.12. The highest BCUT2D eigenvalue weighted by molar-refractivity contribution is 6.22. The second-order valence-corrected chi connectivity index (χ2v) is 4.95. The SMILES string of the molecule is CC(C)(C)OC(=O)N[C@H]1C=CC(Cl)C1. The number of hydrogen-bond acceptors (Lipinski definition) is 2. The number of alkyl carbamates (subject to hydrolysis) is 1. The Morgan fingerprint density at radius 3 is 2.57 bits per heavy atom. The topological polar surface area (TPSA) is 38.3 Å². The summed E-state index contributed by atoms with van der Waals surface area (Å²) in [5.41, 5.74) is -0.452. The third-order valence-corrected chi connectivity index (χ3v) is 2.06. The fourth-order valence-corrected chi connectivity index (χ4v) is 1.50. The number of nitrogens with one attached hydrogen (secondary N) is 1.